The molecule has 0 unspecified atom stereocenters. The molecular formula is C5H4N2O4. The molecule has 1 heterocycles. The van der Waals surface area contributed by atoms with Crippen molar-refractivity contribution in [3.05, 3.63) is 33.1 Å². The summed E-state index contributed by atoms with van der Waals surface area (Å²) in [5, 5.41) is 8.29. The number of carbonyl (C=O) groups is 1. The first-order valence-electron chi connectivity index (χ1n) is 2.67. The predicted octanol–water partition coefficient (Wildman–Crippen LogP) is -0.937. The van der Waals surface area contributed by atoms with Crippen molar-refractivity contribution in [2.24, 2.45) is 0 Å². The molecule has 0 bridgehead atoms. The largest absolute Gasteiger partial charge is 0.464 e. The summed E-state index contributed by atoms with van der Waals surface area (Å²) < 4.78 is 0.0833. The highest BCUT2D eigenvalue weighted by molar-refractivity contribution is 5.67. The Morgan fingerprint density at radius 1 is 1.55 bits per heavy atom. The van der Waals surface area contributed by atoms with Crippen LogP contribution >= 0.6 is 0 Å². The Morgan fingerprint density at radius 2 is 2.18 bits per heavy atom. The van der Waals surface area contributed by atoms with Crippen LogP contribution in [0.1, 0.15) is 0 Å². The highest BCUT2D eigenvalue weighted by atomic mass is 16.4. The Kier molecular flexibility index (Phi) is 1.59. The second kappa shape index (κ2) is 2.41. The number of hydrogen-bond acceptors (Lipinski definition) is 3. The molecular weight excluding hydrogens is 152 g/mol. The lowest BCUT2D eigenvalue weighted by atomic mass is 10.6. The summed E-state index contributed by atoms with van der Waals surface area (Å²) in [5.41, 5.74) is -1.81. The third kappa shape index (κ3) is 1.18. The van der Waals surface area contributed by atoms with E-state index in [0.717, 1.165) is 12.3 Å². The highest BCUT2D eigenvalue weighted by Gasteiger charge is 2.05. The Morgan fingerprint density at radius 3 is 2.55 bits per heavy atom. The molecule has 11 heavy (non-hydrogen) atoms. The summed E-state index contributed by atoms with van der Waals surface area (Å²) in [5.74, 6) is 0. The van der Waals surface area contributed by atoms with Gasteiger partial charge in [-0.3, -0.25) is 4.79 Å². The van der Waals surface area contributed by atoms with Gasteiger partial charge in [-0.05, 0) is 0 Å². The van der Waals surface area contributed by atoms with E-state index in [1.54, 1.807) is 0 Å². The topological polar surface area (TPSA) is 92.2 Å². The van der Waals surface area contributed by atoms with Crippen molar-refractivity contribution in [1.29, 1.82) is 0 Å². The molecule has 1 aromatic heterocycles. The first-order valence-corrected chi connectivity index (χ1v) is 2.67. The molecule has 0 aliphatic carbocycles. The van der Waals surface area contributed by atoms with Crippen molar-refractivity contribution in [3.63, 3.8) is 0 Å². The van der Waals surface area contributed by atoms with Gasteiger partial charge >= 0.3 is 11.8 Å². The zero-order chi connectivity index (χ0) is 8.43. The normalized spacial score (nSPS) is 9.45. The van der Waals surface area contributed by atoms with Crippen molar-refractivity contribution in [1.82, 2.24) is 9.55 Å². The van der Waals surface area contributed by atoms with E-state index in [2.05, 4.69) is 0 Å². The van der Waals surface area contributed by atoms with Crippen molar-refractivity contribution in [3.8, 4) is 0 Å². The third-order valence-corrected chi connectivity index (χ3v) is 1.05. The van der Waals surface area contributed by atoms with E-state index in [9.17, 15) is 14.4 Å². The lowest BCUT2D eigenvalue weighted by Crippen LogP contribution is -2.38. The molecule has 6 heteroatoms. The van der Waals surface area contributed by atoms with E-state index >= 15 is 0 Å². The monoisotopic (exact) mass is 156 g/mol. The van der Waals surface area contributed by atoms with Crippen molar-refractivity contribution < 1.29 is 9.90 Å². The number of rotatable bonds is 0. The van der Waals surface area contributed by atoms with E-state index in [0.29, 0.717) is 0 Å². The molecule has 6 nitrogen and oxygen atoms in total. The van der Waals surface area contributed by atoms with Crippen LogP contribution in [0, 0.1) is 0 Å². The quantitative estimate of drug-likeness (QED) is 0.507. The maximum atomic E-state index is 10.6. The number of nitrogens with one attached hydrogen (secondary N) is 1. The van der Waals surface area contributed by atoms with Gasteiger partial charge in [0.15, 0.2) is 0 Å². The molecule has 1 rings (SSSR count). The van der Waals surface area contributed by atoms with E-state index < -0.39 is 17.3 Å². The van der Waals surface area contributed by atoms with Gasteiger partial charge in [0.05, 0.1) is 0 Å². The fourth-order valence-corrected chi connectivity index (χ4v) is 0.605. The average molecular weight is 156 g/mol. The summed E-state index contributed by atoms with van der Waals surface area (Å²) in [4.78, 5) is 33.5. The van der Waals surface area contributed by atoms with E-state index in [4.69, 9.17) is 5.11 Å². The standard InChI is InChI=1S/C5H4N2O4/c8-3-1-2-6-4(9)7(3)5(10)11/h1-2H,(H,6,9)(H,10,11). The van der Waals surface area contributed by atoms with Gasteiger partial charge in [0.25, 0.3) is 5.56 Å². The van der Waals surface area contributed by atoms with Crippen LogP contribution in [0.2, 0.25) is 0 Å². The summed E-state index contributed by atoms with van der Waals surface area (Å²) in [6.45, 7) is 0. The van der Waals surface area contributed by atoms with Crippen LogP contribution < -0.4 is 11.2 Å². The lowest BCUT2D eigenvalue weighted by Gasteiger charge is -1.92. The molecule has 0 aromatic carbocycles. The second-order valence-corrected chi connectivity index (χ2v) is 1.74. The van der Waals surface area contributed by atoms with Gasteiger partial charge in [-0.2, -0.15) is 4.57 Å². The van der Waals surface area contributed by atoms with Crippen LogP contribution in [-0.4, -0.2) is 20.8 Å². The van der Waals surface area contributed by atoms with Crippen molar-refractivity contribution in [2.75, 3.05) is 0 Å². The smallest absolute Gasteiger partial charge is 0.422 e. The molecule has 0 atom stereocenters. The average Bonchev–Trinajstić information content (AvgIpc) is 1.85. The van der Waals surface area contributed by atoms with E-state index in [1.165, 1.54) is 0 Å². The SMILES string of the molecule is O=C(O)n1c(=O)cc[nH]c1=O. The molecule has 0 spiro atoms. The molecule has 2 N–H and O–H groups in total. The van der Waals surface area contributed by atoms with E-state index in [1.807, 2.05) is 4.98 Å². The van der Waals surface area contributed by atoms with Crippen molar-refractivity contribution >= 4 is 6.09 Å². The minimum atomic E-state index is -1.59. The number of nitrogens with zero attached hydrogens (tertiary/aromatic N) is 1. The van der Waals surface area contributed by atoms with Gasteiger partial charge < -0.3 is 10.1 Å². The van der Waals surface area contributed by atoms with Crippen LogP contribution in [0.15, 0.2) is 21.9 Å². The van der Waals surface area contributed by atoms with Crippen LogP contribution in [0.3, 0.4) is 0 Å². The number of hydrogen-bond donors (Lipinski definition) is 2. The van der Waals surface area contributed by atoms with Gasteiger partial charge in [0.1, 0.15) is 0 Å². The van der Waals surface area contributed by atoms with Gasteiger partial charge in [0.2, 0.25) is 0 Å². The lowest BCUT2D eigenvalue weighted by molar-refractivity contribution is 0.194. The van der Waals surface area contributed by atoms with Crippen LogP contribution in [-0.2, 0) is 0 Å². The van der Waals surface area contributed by atoms with Crippen LogP contribution in [0.25, 0.3) is 0 Å². The van der Waals surface area contributed by atoms with Gasteiger partial charge in [0, 0.05) is 12.3 Å². The fraction of sp³-hybridized carbons (Fsp3) is 0. The molecule has 58 valence electrons. The molecule has 0 saturated heterocycles. The number of aromatic amines is 1. The third-order valence-electron chi connectivity index (χ3n) is 1.05. The Bertz CT molecular complexity index is 360. The Balaban J connectivity index is 3.58. The summed E-state index contributed by atoms with van der Waals surface area (Å²) in [6, 6.07) is 0.954. The number of carboxylic acid groups (broad SMARTS) is 1. The minimum absolute atomic E-state index is 0.0833. The van der Waals surface area contributed by atoms with Gasteiger partial charge in [-0.1, -0.05) is 0 Å². The summed E-state index contributed by atoms with van der Waals surface area (Å²) in [7, 11) is 0. The maximum Gasteiger partial charge on any atom is 0.422 e. The van der Waals surface area contributed by atoms with Crippen LogP contribution in [0.5, 0.6) is 0 Å². The number of aromatic nitrogens is 2. The molecule has 0 fully saturated rings. The highest BCUT2D eigenvalue weighted by Crippen LogP contribution is 1.67. The fourth-order valence-electron chi connectivity index (χ4n) is 0.605. The van der Waals surface area contributed by atoms with Crippen molar-refractivity contribution in [2.45, 2.75) is 0 Å². The zero-order valence-corrected chi connectivity index (χ0v) is 5.27. The summed E-state index contributed by atoms with van der Waals surface area (Å²) >= 11 is 0. The summed E-state index contributed by atoms with van der Waals surface area (Å²) in [6.07, 6.45) is -0.499. The Hall–Kier alpha value is -1.85. The molecule has 0 amide bonds. The van der Waals surface area contributed by atoms with E-state index in [-0.39, 0.29) is 4.57 Å². The molecule has 0 saturated carbocycles. The minimum Gasteiger partial charge on any atom is -0.464 e. The molecule has 0 aliphatic rings. The number of H-pyrrole nitrogens is 1. The molecule has 0 aliphatic heterocycles. The van der Waals surface area contributed by atoms with Gasteiger partial charge in [-0.25, -0.2) is 9.59 Å². The zero-order valence-electron chi connectivity index (χ0n) is 5.27. The first kappa shape index (κ1) is 7.26. The first-order chi connectivity index (χ1) is 5.13. The van der Waals surface area contributed by atoms with Gasteiger partial charge in [-0.15, -0.1) is 0 Å². The predicted molar refractivity (Wildman–Crippen MR) is 34.7 cm³/mol. The molecule has 0 radical (unpaired) electrons. The Labute approximate surface area is 59.7 Å². The molecule has 1 aromatic rings. The maximum absolute atomic E-state index is 10.6. The van der Waals surface area contributed by atoms with Crippen LogP contribution in [0.4, 0.5) is 4.79 Å². The second-order valence-electron chi connectivity index (χ2n) is 1.74.